The Kier molecular flexibility index (Phi) is 6.15. The first-order valence-corrected chi connectivity index (χ1v) is 10.1. The molecule has 6 heteroatoms. The predicted octanol–water partition coefficient (Wildman–Crippen LogP) is 5.60. The van der Waals surface area contributed by atoms with Gasteiger partial charge in [-0.3, -0.25) is 4.57 Å². The molecule has 0 amide bonds. The van der Waals surface area contributed by atoms with Crippen molar-refractivity contribution in [1.29, 1.82) is 0 Å². The number of benzene rings is 2. The van der Waals surface area contributed by atoms with Crippen LogP contribution in [0.15, 0.2) is 58.2 Å². The van der Waals surface area contributed by atoms with Crippen LogP contribution in [0.1, 0.15) is 20.3 Å². The molecule has 4 nitrogen and oxygen atoms in total. The molecule has 0 saturated heterocycles. The zero-order chi connectivity index (χ0) is 17.6. The lowest BCUT2D eigenvalue weighted by molar-refractivity contribution is 0.340. The second-order valence-corrected chi connectivity index (χ2v) is 7.40. The first-order valence-electron chi connectivity index (χ1n) is 8.30. The highest BCUT2D eigenvalue weighted by molar-refractivity contribution is 9.10. The third kappa shape index (κ3) is 4.25. The molecule has 0 fully saturated rings. The first kappa shape index (κ1) is 18.0. The Morgan fingerprint density at radius 2 is 1.72 bits per heavy atom. The fourth-order valence-corrected chi connectivity index (χ4v) is 3.50. The Morgan fingerprint density at radius 3 is 2.36 bits per heavy atom. The molecule has 0 unspecified atom stereocenters. The lowest BCUT2D eigenvalue weighted by Crippen LogP contribution is -2.00. The van der Waals surface area contributed by atoms with Crippen LogP contribution in [0.2, 0.25) is 0 Å². The molecule has 2 aromatic carbocycles. The third-order valence-corrected chi connectivity index (χ3v) is 5.24. The lowest BCUT2D eigenvalue weighted by atomic mass is 10.2. The largest absolute Gasteiger partial charge is 0.494 e. The van der Waals surface area contributed by atoms with Crippen LogP contribution in [0.3, 0.4) is 0 Å². The summed E-state index contributed by atoms with van der Waals surface area (Å²) in [5.74, 6) is 2.72. The van der Waals surface area contributed by atoms with Crippen molar-refractivity contribution in [2.75, 3.05) is 12.4 Å². The molecule has 0 aliphatic heterocycles. The zero-order valence-electron chi connectivity index (χ0n) is 14.3. The molecule has 0 bridgehead atoms. The van der Waals surface area contributed by atoms with Crippen LogP contribution >= 0.6 is 27.7 Å². The van der Waals surface area contributed by atoms with Gasteiger partial charge >= 0.3 is 0 Å². The Balaban J connectivity index is 2.04. The van der Waals surface area contributed by atoms with Crippen LogP contribution < -0.4 is 4.74 Å². The van der Waals surface area contributed by atoms with Gasteiger partial charge in [-0.2, -0.15) is 0 Å². The second kappa shape index (κ2) is 8.54. The van der Waals surface area contributed by atoms with Gasteiger partial charge in [0, 0.05) is 21.5 Å². The molecule has 3 rings (SSSR count). The number of hydrogen-bond donors (Lipinski definition) is 0. The molecule has 0 atom stereocenters. The van der Waals surface area contributed by atoms with E-state index in [0.717, 1.165) is 44.6 Å². The fraction of sp³-hybridized carbons (Fsp3) is 0.263. The van der Waals surface area contributed by atoms with Crippen molar-refractivity contribution < 1.29 is 4.74 Å². The molecule has 0 radical (unpaired) electrons. The van der Waals surface area contributed by atoms with Crippen LogP contribution in [0.4, 0.5) is 0 Å². The van der Waals surface area contributed by atoms with Crippen molar-refractivity contribution in [1.82, 2.24) is 14.8 Å². The SMILES string of the molecule is CCCSc1nnc(-c2ccc(Br)cc2)n1-c1ccc(OCC)cc1. The van der Waals surface area contributed by atoms with Crippen molar-refractivity contribution in [2.24, 2.45) is 0 Å². The summed E-state index contributed by atoms with van der Waals surface area (Å²) >= 11 is 5.21. The molecule has 0 aliphatic carbocycles. The fourth-order valence-electron chi connectivity index (χ4n) is 2.43. The van der Waals surface area contributed by atoms with Crippen molar-refractivity contribution in [3.63, 3.8) is 0 Å². The van der Waals surface area contributed by atoms with Crippen molar-refractivity contribution in [2.45, 2.75) is 25.4 Å². The molecule has 0 aliphatic rings. The molecule has 0 spiro atoms. The monoisotopic (exact) mass is 417 g/mol. The maximum Gasteiger partial charge on any atom is 0.196 e. The van der Waals surface area contributed by atoms with Gasteiger partial charge in [0.1, 0.15) is 5.75 Å². The molecule has 1 aromatic heterocycles. The van der Waals surface area contributed by atoms with Gasteiger partial charge in [-0.1, -0.05) is 46.7 Å². The van der Waals surface area contributed by atoms with Crippen LogP contribution in [0.25, 0.3) is 17.1 Å². The Labute approximate surface area is 160 Å². The highest BCUT2D eigenvalue weighted by atomic mass is 79.9. The minimum atomic E-state index is 0.660. The molecule has 3 aromatic rings. The van der Waals surface area contributed by atoms with E-state index >= 15 is 0 Å². The molecular weight excluding hydrogens is 398 g/mol. The summed E-state index contributed by atoms with van der Waals surface area (Å²) in [6, 6.07) is 16.2. The highest BCUT2D eigenvalue weighted by Crippen LogP contribution is 2.29. The molecular formula is C19H20BrN3OS. The van der Waals surface area contributed by atoms with E-state index in [1.165, 1.54) is 0 Å². The summed E-state index contributed by atoms with van der Waals surface area (Å²) in [6.45, 7) is 4.81. The number of hydrogen-bond acceptors (Lipinski definition) is 4. The number of nitrogens with zero attached hydrogens (tertiary/aromatic N) is 3. The van der Waals surface area contributed by atoms with Gasteiger partial charge in [0.15, 0.2) is 11.0 Å². The normalized spacial score (nSPS) is 10.8. The van der Waals surface area contributed by atoms with E-state index < -0.39 is 0 Å². The topological polar surface area (TPSA) is 39.9 Å². The second-order valence-electron chi connectivity index (χ2n) is 5.42. The number of rotatable bonds is 7. The quantitative estimate of drug-likeness (QED) is 0.469. The van der Waals surface area contributed by atoms with Gasteiger partial charge in [-0.15, -0.1) is 10.2 Å². The first-order chi connectivity index (χ1) is 12.2. The van der Waals surface area contributed by atoms with Gasteiger partial charge < -0.3 is 4.74 Å². The standard InChI is InChI=1S/C19H20BrN3OS/c1-3-13-25-19-22-21-18(14-5-7-15(20)8-6-14)23(19)16-9-11-17(12-10-16)24-4-2/h5-12H,3-4,13H2,1-2H3. The maximum absolute atomic E-state index is 5.55. The third-order valence-electron chi connectivity index (χ3n) is 3.58. The highest BCUT2D eigenvalue weighted by Gasteiger charge is 2.16. The molecule has 1 heterocycles. The summed E-state index contributed by atoms with van der Waals surface area (Å²) in [5, 5.41) is 9.78. The summed E-state index contributed by atoms with van der Waals surface area (Å²) < 4.78 is 8.71. The van der Waals surface area contributed by atoms with E-state index in [1.54, 1.807) is 11.8 Å². The van der Waals surface area contributed by atoms with E-state index in [2.05, 4.69) is 37.6 Å². The number of halogens is 1. The van der Waals surface area contributed by atoms with Crippen LogP contribution in [-0.4, -0.2) is 27.1 Å². The van der Waals surface area contributed by atoms with E-state index in [0.29, 0.717) is 6.61 Å². The molecule has 130 valence electrons. The zero-order valence-corrected chi connectivity index (χ0v) is 16.7. The van der Waals surface area contributed by atoms with Gasteiger partial charge in [-0.25, -0.2) is 0 Å². The van der Waals surface area contributed by atoms with Crippen molar-refractivity contribution in [3.05, 3.63) is 53.0 Å². The Hall–Kier alpha value is -1.79. The van der Waals surface area contributed by atoms with Crippen molar-refractivity contribution in [3.8, 4) is 22.8 Å². The smallest absolute Gasteiger partial charge is 0.196 e. The Bertz CT molecular complexity index is 816. The summed E-state index contributed by atoms with van der Waals surface area (Å²) in [6.07, 6.45) is 1.09. The molecule has 25 heavy (non-hydrogen) atoms. The average molecular weight is 418 g/mol. The van der Waals surface area contributed by atoms with E-state index in [1.807, 2.05) is 55.5 Å². The van der Waals surface area contributed by atoms with Crippen LogP contribution in [0, 0.1) is 0 Å². The van der Waals surface area contributed by atoms with E-state index in [4.69, 9.17) is 4.74 Å². The average Bonchev–Trinajstić information content (AvgIpc) is 3.05. The predicted molar refractivity (Wildman–Crippen MR) is 107 cm³/mol. The van der Waals surface area contributed by atoms with Gasteiger partial charge in [0.05, 0.1) is 6.61 Å². The minimum Gasteiger partial charge on any atom is -0.494 e. The molecule has 0 saturated carbocycles. The van der Waals surface area contributed by atoms with Gasteiger partial charge in [0.2, 0.25) is 0 Å². The summed E-state index contributed by atoms with van der Waals surface area (Å²) in [5.41, 5.74) is 2.07. The number of ether oxygens (including phenoxy) is 1. The number of thioether (sulfide) groups is 1. The van der Waals surface area contributed by atoms with Crippen LogP contribution in [-0.2, 0) is 0 Å². The van der Waals surface area contributed by atoms with Crippen LogP contribution in [0.5, 0.6) is 5.75 Å². The van der Waals surface area contributed by atoms with Crippen molar-refractivity contribution >= 4 is 27.7 Å². The minimum absolute atomic E-state index is 0.660. The van der Waals surface area contributed by atoms with E-state index in [-0.39, 0.29) is 0 Å². The Morgan fingerprint density at radius 1 is 1.00 bits per heavy atom. The van der Waals surface area contributed by atoms with Gasteiger partial charge in [0.25, 0.3) is 0 Å². The van der Waals surface area contributed by atoms with Gasteiger partial charge in [-0.05, 0) is 49.7 Å². The van der Waals surface area contributed by atoms with E-state index in [9.17, 15) is 0 Å². The summed E-state index contributed by atoms with van der Waals surface area (Å²) in [4.78, 5) is 0. The maximum atomic E-state index is 5.55. The molecule has 0 N–H and O–H groups in total. The lowest BCUT2D eigenvalue weighted by Gasteiger charge is -2.11. The number of aromatic nitrogens is 3. The summed E-state index contributed by atoms with van der Waals surface area (Å²) in [7, 11) is 0.